The van der Waals surface area contributed by atoms with Crippen molar-refractivity contribution in [3.63, 3.8) is 0 Å². The molecule has 1 heterocycles. The molecule has 3 aromatic carbocycles. The monoisotopic (exact) mass is 483 g/mol. The second kappa shape index (κ2) is 12.3. The highest BCUT2D eigenvalue weighted by Crippen LogP contribution is 2.17. The fraction of sp³-hybridized carbons (Fsp3) is 0.107. The van der Waals surface area contributed by atoms with E-state index < -0.39 is 11.8 Å². The molecule has 0 saturated carbocycles. The van der Waals surface area contributed by atoms with Crippen molar-refractivity contribution in [2.45, 2.75) is 19.7 Å². The number of ether oxygens (including phenoxy) is 1. The number of thiazole rings is 1. The van der Waals surface area contributed by atoms with E-state index in [1.54, 1.807) is 23.7 Å². The summed E-state index contributed by atoms with van der Waals surface area (Å²) in [4.78, 5) is 30.2. The number of rotatable bonds is 10. The van der Waals surface area contributed by atoms with Gasteiger partial charge in [-0.25, -0.2) is 4.98 Å². The molecule has 0 aliphatic heterocycles. The molecular weight excluding hydrogens is 458 g/mol. The number of carbonyl (C=O) groups excluding carboxylic acids is 2. The van der Waals surface area contributed by atoms with Crippen molar-refractivity contribution in [3.8, 4) is 5.75 Å². The number of hydrogen-bond acceptors (Lipinski definition) is 5. The molecule has 1 aromatic heterocycles. The van der Waals surface area contributed by atoms with Crippen LogP contribution in [-0.2, 0) is 29.3 Å². The number of nitrogens with one attached hydrogen (secondary N) is 2. The van der Waals surface area contributed by atoms with Crippen LogP contribution in [0, 0.1) is 0 Å². The van der Waals surface area contributed by atoms with E-state index in [0.29, 0.717) is 31.0 Å². The van der Waals surface area contributed by atoms with Gasteiger partial charge in [0.25, 0.3) is 11.8 Å². The zero-order chi connectivity index (χ0) is 24.3. The standard InChI is InChI=1S/C28H25N3O3S/c32-27(29-16-22-7-3-1-4-8-22)26(28(33)30-17-23-9-5-2-6-10-23)15-21-11-13-25(14-12-21)34-18-24-19-35-20-31-24/h1-15,19-20H,16-18H2,(H,29,32)(H,30,33). The molecule has 2 N–H and O–H groups in total. The van der Waals surface area contributed by atoms with Crippen LogP contribution in [-0.4, -0.2) is 16.8 Å². The van der Waals surface area contributed by atoms with Gasteiger partial charge in [0.05, 0.1) is 11.2 Å². The Balaban J connectivity index is 1.46. The van der Waals surface area contributed by atoms with Gasteiger partial charge in [-0.05, 0) is 34.9 Å². The lowest BCUT2D eigenvalue weighted by atomic mass is 10.1. The SMILES string of the molecule is O=C(NCc1ccccc1)C(=Cc1ccc(OCc2cscn2)cc1)C(=O)NCc1ccccc1. The molecule has 2 amide bonds. The van der Waals surface area contributed by atoms with Crippen molar-refractivity contribution in [2.24, 2.45) is 0 Å². The fourth-order valence-electron chi connectivity index (χ4n) is 3.27. The van der Waals surface area contributed by atoms with E-state index in [4.69, 9.17) is 4.74 Å². The summed E-state index contributed by atoms with van der Waals surface area (Å²) in [6, 6.07) is 26.4. The van der Waals surface area contributed by atoms with Crippen molar-refractivity contribution in [1.29, 1.82) is 0 Å². The summed E-state index contributed by atoms with van der Waals surface area (Å²) in [6.07, 6.45) is 1.59. The lowest BCUT2D eigenvalue weighted by Gasteiger charge is -2.11. The van der Waals surface area contributed by atoms with E-state index in [0.717, 1.165) is 16.8 Å². The molecule has 0 radical (unpaired) electrons. The third-order valence-electron chi connectivity index (χ3n) is 5.14. The maximum atomic E-state index is 13.0. The van der Waals surface area contributed by atoms with Gasteiger partial charge in [0.2, 0.25) is 0 Å². The van der Waals surface area contributed by atoms with E-state index in [1.807, 2.05) is 78.2 Å². The predicted molar refractivity (Wildman–Crippen MR) is 137 cm³/mol. The van der Waals surface area contributed by atoms with Crippen LogP contribution in [0.4, 0.5) is 0 Å². The van der Waals surface area contributed by atoms with E-state index in [1.165, 1.54) is 11.3 Å². The number of amides is 2. The number of benzene rings is 3. The molecule has 0 bridgehead atoms. The minimum Gasteiger partial charge on any atom is -0.487 e. The molecule has 4 rings (SSSR count). The number of nitrogens with zero attached hydrogens (tertiary/aromatic N) is 1. The van der Waals surface area contributed by atoms with Gasteiger partial charge in [-0.1, -0.05) is 72.8 Å². The third-order valence-corrected chi connectivity index (χ3v) is 5.78. The van der Waals surface area contributed by atoms with Gasteiger partial charge in [0.15, 0.2) is 0 Å². The van der Waals surface area contributed by atoms with Crippen LogP contribution in [0.2, 0.25) is 0 Å². The van der Waals surface area contributed by atoms with Crippen LogP contribution in [0.3, 0.4) is 0 Å². The maximum absolute atomic E-state index is 13.0. The van der Waals surface area contributed by atoms with E-state index >= 15 is 0 Å². The van der Waals surface area contributed by atoms with Crippen LogP contribution in [0.5, 0.6) is 5.75 Å². The summed E-state index contributed by atoms with van der Waals surface area (Å²) in [7, 11) is 0. The Kier molecular flexibility index (Phi) is 8.40. The molecule has 0 atom stereocenters. The fourth-order valence-corrected chi connectivity index (χ4v) is 3.82. The third kappa shape index (κ3) is 7.38. The summed E-state index contributed by atoms with van der Waals surface area (Å²) < 4.78 is 5.75. The molecule has 0 fully saturated rings. The first kappa shape index (κ1) is 23.9. The average Bonchev–Trinajstić information content (AvgIpc) is 3.43. The van der Waals surface area contributed by atoms with E-state index in [9.17, 15) is 9.59 Å². The lowest BCUT2D eigenvalue weighted by Crippen LogP contribution is -2.34. The van der Waals surface area contributed by atoms with Crippen molar-refractivity contribution >= 4 is 29.2 Å². The van der Waals surface area contributed by atoms with Gasteiger partial charge in [-0.15, -0.1) is 11.3 Å². The second-order valence-electron chi connectivity index (χ2n) is 7.73. The molecular formula is C28H25N3O3S. The van der Waals surface area contributed by atoms with Crippen LogP contribution < -0.4 is 15.4 Å². The maximum Gasteiger partial charge on any atom is 0.257 e. The lowest BCUT2D eigenvalue weighted by molar-refractivity contribution is -0.123. The summed E-state index contributed by atoms with van der Waals surface area (Å²) >= 11 is 1.52. The Labute approximate surface area is 208 Å². The van der Waals surface area contributed by atoms with E-state index in [-0.39, 0.29) is 5.57 Å². The van der Waals surface area contributed by atoms with Crippen LogP contribution >= 0.6 is 11.3 Å². The van der Waals surface area contributed by atoms with Crippen molar-refractivity contribution in [3.05, 3.63) is 124 Å². The van der Waals surface area contributed by atoms with Gasteiger partial charge < -0.3 is 15.4 Å². The highest BCUT2D eigenvalue weighted by Gasteiger charge is 2.18. The molecule has 0 unspecified atom stereocenters. The Morgan fingerprint density at radius 2 is 1.37 bits per heavy atom. The largest absolute Gasteiger partial charge is 0.487 e. The molecule has 176 valence electrons. The van der Waals surface area contributed by atoms with Crippen molar-refractivity contribution in [1.82, 2.24) is 15.6 Å². The van der Waals surface area contributed by atoms with Gasteiger partial charge in [0.1, 0.15) is 17.9 Å². The smallest absolute Gasteiger partial charge is 0.257 e. The van der Waals surface area contributed by atoms with Crippen molar-refractivity contribution in [2.75, 3.05) is 0 Å². The Morgan fingerprint density at radius 3 is 1.89 bits per heavy atom. The van der Waals surface area contributed by atoms with Crippen LogP contribution in [0.15, 0.2) is 101 Å². The van der Waals surface area contributed by atoms with Gasteiger partial charge in [0, 0.05) is 18.5 Å². The van der Waals surface area contributed by atoms with Crippen molar-refractivity contribution < 1.29 is 14.3 Å². The molecule has 4 aromatic rings. The highest BCUT2D eigenvalue weighted by atomic mass is 32.1. The topological polar surface area (TPSA) is 80.3 Å². The summed E-state index contributed by atoms with van der Waals surface area (Å²) in [6.45, 7) is 1.03. The first-order valence-electron chi connectivity index (χ1n) is 11.1. The normalized spacial score (nSPS) is 10.3. The highest BCUT2D eigenvalue weighted by molar-refractivity contribution is 7.07. The summed E-state index contributed by atoms with van der Waals surface area (Å²) in [5.74, 6) is -0.203. The molecule has 0 saturated heterocycles. The van der Waals surface area contributed by atoms with Gasteiger partial charge in [-0.2, -0.15) is 0 Å². The Hall–Kier alpha value is -4.23. The molecule has 0 aliphatic rings. The van der Waals surface area contributed by atoms with E-state index in [2.05, 4.69) is 15.6 Å². The van der Waals surface area contributed by atoms with Crippen LogP contribution in [0.1, 0.15) is 22.4 Å². The minimum absolute atomic E-state index is 0.0352. The van der Waals surface area contributed by atoms with Crippen LogP contribution in [0.25, 0.3) is 6.08 Å². The first-order valence-corrected chi connectivity index (χ1v) is 12.1. The summed E-state index contributed by atoms with van der Waals surface area (Å²) in [5, 5.41) is 7.63. The average molecular weight is 484 g/mol. The zero-order valence-corrected chi connectivity index (χ0v) is 19.8. The zero-order valence-electron chi connectivity index (χ0n) is 19.0. The Bertz CT molecular complexity index is 1200. The molecule has 6 nitrogen and oxygen atoms in total. The van der Waals surface area contributed by atoms with Gasteiger partial charge >= 0.3 is 0 Å². The predicted octanol–water partition coefficient (Wildman–Crippen LogP) is 4.74. The molecule has 0 aliphatic carbocycles. The molecule has 0 spiro atoms. The Morgan fingerprint density at radius 1 is 0.800 bits per heavy atom. The number of aromatic nitrogens is 1. The summed E-state index contributed by atoms with van der Waals surface area (Å²) in [5.41, 5.74) is 5.28. The molecule has 35 heavy (non-hydrogen) atoms. The second-order valence-corrected chi connectivity index (χ2v) is 8.45. The first-order chi connectivity index (χ1) is 17.2. The number of carbonyl (C=O) groups is 2. The number of hydrogen-bond donors (Lipinski definition) is 2. The molecule has 7 heteroatoms. The quantitative estimate of drug-likeness (QED) is 0.194. The van der Waals surface area contributed by atoms with Gasteiger partial charge in [-0.3, -0.25) is 9.59 Å². The minimum atomic E-state index is -0.441.